The molecule has 23 heavy (non-hydrogen) atoms. The third-order valence-electron chi connectivity index (χ3n) is 4.94. The number of fused-ring (bicyclic) bond motifs is 3. The predicted molar refractivity (Wildman–Crippen MR) is 92.7 cm³/mol. The van der Waals surface area contributed by atoms with Gasteiger partial charge >= 0.3 is 0 Å². The van der Waals surface area contributed by atoms with Crippen molar-refractivity contribution in [1.29, 1.82) is 0 Å². The minimum absolute atomic E-state index is 0.0658. The molecule has 2 heterocycles. The molecule has 1 aliphatic heterocycles. The first kappa shape index (κ1) is 14.1. The number of ether oxygens (including phenoxy) is 1. The van der Waals surface area contributed by atoms with Gasteiger partial charge in [-0.15, -0.1) is 0 Å². The van der Waals surface area contributed by atoms with Gasteiger partial charge in [0.15, 0.2) is 5.75 Å². The van der Waals surface area contributed by atoms with E-state index >= 15 is 0 Å². The smallest absolute Gasteiger partial charge is 0.153 e. The van der Waals surface area contributed by atoms with E-state index in [1.165, 1.54) is 11.1 Å². The molecular formula is C19H21N3O. The number of benzene rings is 2. The molecule has 1 aliphatic rings. The first-order valence-electron chi connectivity index (χ1n) is 8.03. The van der Waals surface area contributed by atoms with Gasteiger partial charge in [0.25, 0.3) is 0 Å². The quantitative estimate of drug-likeness (QED) is 0.695. The Morgan fingerprint density at radius 1 is 1.26 bits per heavy atom. The molecule has 4 rings (SSSR count). The number of nitrogen functional groups attached to an aromatic ring is 1. The lowest BCUT2D eigenvalue weighted by atomic mass is 9.93. The fourth-order valence-electron chi connectivity index (χ4n) is 3.50. The van der Waals surface area contributed by atoms with Gasteiger partial charge in [-0.1, -0.05) is 24.3 Å². The van der Waals surface area contributed by atoms with Crippen LogP contribution in [-0.4, -0.2) is 9.55 Å². The summed E-state index contributed by atoms with van der Waals surface area (Å²) >= 11 is 0. The maximum absolute atomic E-state index is 6.41. The van der Waals surface area contributed by atoms with Crippen molar-refractivity contribution in [3.8, 4) is 5.75 Å². The van der Waals surface area contributed by atoms with Crippen LogP contribution in [0.15, 0.2) is 30.3 Å². The van der Waals surface area contributed by atoms with Crippen molar-refractivity contribution in [3.63, 3.8) is 0 Å². The van der Waals surface area contributed by atoms with E-state index in [0.717, 1.165) is 46.7 Å². The molecule has 0 unspecified atom stereocenters. The Bertz CT molecular complexity index is 911. The largest absolute Gasteiger partial charge is 0.483 e. The molecule has 4 nitrogen and oxygen atoms in total. The zero-order chi connectivity index (χ0) is 16.1. The van der Waals surface area contributed by atoms with Crippen LogP contribution < -0.4 is 10.5 Å². The summed E-state index contributed by atoms with van der Waals surface area (Å²) in [5.74, 6) is 1.83. The highest BCUT2D eigenvalue weighted by Crippen LogP contribution is 2.42. The Morgan fingerprint density at radius 3 is 2.83 bits per heavy atom. The van der Waals surface area contributed by atoms with Crippen LogP contribution in [0.25, 0.3) is 11.0 Å². The normalized spacial score (nSPS) is 17.1. The van der Waals surface area contributed by atoms with Crippen molar-refractivity contribution >= 4 is 16.7 Å². The first-order chi connectivity index (χ1) is 11.1. The molecule has 0 saturated carbocycles. The highest BCUT2D eigenvalue weighted by Gasteiger charge is 2.27. The molecule has 118 valence electrons. The molecule has 3 aromatic rings. The van der Waals surface area contributed by atoms with E-state index < -0.39 is 0 Å². The van der Waals surface area contributed by atoms with E-state index in [1.807, 2.05) is 20.0 Å². The molecule has 0 bridgehead atoms. The van der Waals surface area contributed by atoms with Crippen LogP contribution >= 0.6 is 0 Å². The fraction of sp³-hybridized carbons (Fsp3) is 0.316. The Kier molecular flexibility index (Phi) is 3.08. The Morgan fingerprint density at radius 2 is 2.04 bits per heavy atom. The van der Waals surface area contributed by atoms with Gasteiger partial charge in [-0.2, -0.15) is 0 Å². The van der Waals surface area contributed by atoms with E-state index in [-0.39, 0.29) is 6.10 Å². The van der Waals surface area contributed by atoms with E-state index in [2.05, 4.69) is 35.8 Å². The molecule has 1 atom stereocenters. The van der Waals surface area contributed by atoms with E-state index in [0.29, 0.717) is 0 Å². The summed E-state index contributed by atoms with van der Waals surface area (Å²) in [4.78, 5) is 4.70. The molecule has 0 aliphatic carbocycles. The second-order valence-electron chi connectivity index (χ2n) is 6.36. The molecule has 2 N–H and O–H groups in total. The van der Waals surface area contributed by atoms with E-state index in [9.17, 15) is 0 Å². The molecule has 0 fully saturated rings. The number of aryl methyl sites for hydroxylation is 3. The third-order valence-corrected chi connectivity index (χ3v) is 4.94. The van der Waals surface area contributed by atoms with Crippen molar-refractivity contribution in [2.24, 2.45) is 7.05 Å². The van der Waals surface area contributed by atoms with Crippen LogP contribution in [0.1, 0.15) is 35.0 Å². The Hall–Kier alpha value is -2.49. The number of hydrogen-bond acceptors (Lipinski definition) is 3. The summed E-state index contributed by atoms with van der Waals surface area (Å²) in [6, 6.07) is 10.4. The number of aromatic nitrogens is 2. The zero-order valence-electron chi connectivity index (χ0n) is 13.8. The second kappa shape index (κ2) is 5.01. The van der Waals surface area contributed by atoms with E-state index in [4.69, 9.17) is 15.5 Å². The summed E-state index contributed by atoms with van der Waals surface area (Å²) in [5.41, 5.74) is 12.6. The van der Waals surface area contributed by atoms with Gasteiger partial charge in [-0.25, -0.2) is 4.98 Å². The summed E-state index contributed by atoms with van der Waals surface area (Å²) < 4.78 is 8.47. The first-order valence-corrected chi connectivity index (χ1v) is 8.03. The van der Waals surface area contributed by atoms with Gasteiger partial charge in [0.05, 0.1) is 5.52 Å². The number of anilines is 1. The summed E-state index contributed by atoms with van der Waals surface area (Å²) in [6.45, 7) is 4.14. The summed E-state index contributed by atoms with van der Waals surface area (Å²) in [7, 11) is 2.01. The maximum atomic E-state index is 6.41. The van der Waals surface area contributed by atoms with Crippen molar-refractivity contribution in [2.75, 3.05) is 5.73 Å². The third kappa shape index (κ3) is 2.09. The molecular weight excluding hydrogens is 286 g/mol. The number of nitrogens with zero attached hydrogens (tertiary/aromatic N) is 2. The van der Waals surface area contributed by atoms with Gasteiger partial charge in [-0.3, -0.25) is 0 Å². The van der Waals surface area contributed by atoms with Crippen molar-refractivity contribution in [1.82, 2.24) is 9.55 Å². The van der Waals surface area contributed by atoms with Gasteiger partial charge in [-0.05, 0) is 43.9 Å². The summed E-state index contributed by atoms with van der Waals surface area (Å²) in [6.07, 6.45) is 1.93. The van der Waals surface area contributed by atoms with Crippen molar-refractivity contribution in [3.05, 3.63) is 52.8 Å². The maximum Gasteiger partial charge on any atom is 0.153 e. The highest BCUT2D eigenvalue weighted by atomic mass is 16.5. The minimum atomic E-state index is 0.0658. The van der Waals surface area contributed by atoms with Gasteiger partial charge < -0.3 is 15.0 Å². The number of nitrogens with two attached hydrogens (primary N) is 1. The lowest BCUT2D eigenvalue weighted by Gasteiger charge is -2.28. The molecule has 4 heteroatoms. The number of imidazole rings is 1. The molecule has 0 radical (unpaired) electrons. The second-order valence-corrected chi connectivity index (χ2v) is 6.36. The van der Waals surface area contributed by atoms with Crippen LogP contribution in [0.5, 0.6) is 5.75 Å². The Labute approximate surface area is 135 Å². The molecule has 2 aromatic carbocycles. The number of rotatable bonds is 1. The van der Waals surface area contributed by atoms with Crippen molar-refractivity contribution in [2.45, 2.75) is 32.8 Å². The van der Waals surface area contributed by atoms with E-state index in [1.54, 1.807) is 0 Å². The monoisotopic (exact) mass is 307 g/mol. The van der Waals surface area contributed by atoms with Crippen LogP contribution in [0.3, 0.4) is 0 Å². The lowest BCUT2D eigenvalue weighted by Crippen LogP contribution is -2.17. The van der Waals surface area contributed by atoms with Crippen LogP contribution in [0.4, 0.5) is 5.69 Å². The highest BCUT2D eigenvalue weighted by molar-refractivity contribution is 5.89. The standard InChI is InChI=1S/C19H21N3O/c1-11-6-4-5-7-13(11)17-9-8-14-15(20)10-16-18(19(14)23-17)21-12(2)22(16)3/h4-7,10,17H,8-9,20H2,1-3H3/t17-/m0/s1. The Balaban J connectivity index is 1.87. The molecule has 0 amide bonds. The van der Waals surface area contributed by atoms with Gasteiger partial charge in [0.2, 0.25) is 0 Å². The number of hydrogen-bond donors (Lipinski definition) is 1. The molecule has 0 saturated heterocycles. The predicted octanol–water partition coefficient (Wildman–Crippen LogP) is 3.84. The minimum Gasteiger partial charge on any atom is -0.483 e. The van der Waals surface area contributed by atoms with Gasteiger partial charge in [0, 0.05) is 18.3 Å². The van der Waals surface area contributed by atoms with Crippen molar-refractivity contribution < 1.29 is 4.74 Å². The van der Waals surface area contributed by atoms with Crippen LogP contribution in [0.2, 0.25) is 0 Å². The topological polar surface area (TPSA) is 53.1 Å². The molecule has 0 spiro atoms. The zero-order valence-corrected chi connectivity index (χ0v) is 13.8. The lowest BCUT2D eigenvalue weighted by molar-refractivity contribution is 0.179. The fourth-order valence-corrected chi connectivity index (χ4v) is 3.50. The SMILES string of the molecule is Cc1ccccc1[C@@H]1CCc2c(N)cc3c(nc(C)n3C)c2O1. The van der Waals surface area contributed by atoms with Crippen LogP contribution in [0, 0.1) is 13.8 Å². The van der Waals surface area contributed by atoms with Crippen LogP contribution in [-0.2, 0) is 13.5 Å². The average Bonchev–Trinajstić information content (AvgIpc) is 2.83. The molecule has 1 aromatic heterocycles. The average molecular weight is 307 g/mol. The summed E-state index contributed by atoms with van der Waals surface area (Å²) in [5, 5.41) is 0. The van der Waals surface area contributed by atoms with Gasteiger partial charge in [0.1, 0.15) is 17.4 Å².